The van der Waals surface area contributed by atoms with Crippen molar-refractivity contribution in [2.45, 2.75) is 13.2 Å². The van der Waals surface area contributed by atoms with Crippen LogP contribution in [0.5, 0.6) is 11.5 Å². The second kappa shape index (κ2) is 8.00. The summed E-state index contributed by atoms with van der Waals surface area (Å²) in [7, 11) is 1.61. The number of methoxy groups -OCH3 is 1. The van der Waals surface area contributed by atoms with Crippen LogP contribution in [0.4, 0.5) is 0 Å². The van der Waals surface area contributed by atoms with Gasteiger partial charge in [-0.1, -0.05) is 23.7 Å². The number of nitrogens with zero attached hydrogens (tertiary/aromatic N) is 3. The van der Waals surface area contributed by atoms with E-state index in [0.29, 0.717) is 34.6 Å². The normalized spacial score (nSPS) is 10.5. The van der Waals surface area contributed by atoms with Crippen LogP contribution in [0.15, 0.2) is 42.9 Å². The van der Waals surface area contributed by atoms with E-state index in [1.165, 1.54) is 0 Å². The Balaban J connectivity index is 1.65. The number of nitrogens with one attached hydrogen (secondary N) is 2. The maximum Gasteiger partial charge on any atom is 0.214 e. The SMILES string of the molecule is COc1cc(CNn2cn[nH]c2=S)ccc1OCc1ccc(Cl)nc1. The van der Waals surface area contributed by atoms with Gasteiger partial charge in [-0.05, 0) is 36.0 Å². The lowest BCUT2D eigenvalue weighted by molar-refractivity contribution is 0.284. The van der Waals surface area contributed by atoms with Crippen molar-refractivity contribution < 1.29 is 9.47 Å². The Morgan fingerprint density at radius 3 is 2.76 bits per heavy atom. The van der Waals surface area contributed by atoms with Crippen molar-refractivity contribution in [3.05, 3.63) is 63.9 Å². The van der Waals surface area contributed by atoms with E-state index in [-0.39, 0.29) is 0 Å². The maximum atomic E-state index is 5.81. The maximum absolute atomic E-state index is 5.81. The lowest BCUT2D eigenvalue weighted by Crippen LogP contribution is -2.13. The molecule has 3 aromatic rings. The third kappa shape index (κ3) is 4.49. The Kier molecular flexibility index (Phi) is 5.52. The fraction of sp³-hybridized carbons (Fsp3) is 0.188. The van der Waals surface area contributed by atoms with E-state index in [2.05, 4.69) is 20.6 Å². The van der Waals surface area contributed by atoms with Crippen molar-refractivity contribution in [3.8, 4) is 11.5 Å². The van der Waals surface area contributed by atoms with Crippen LogP contribution < -0.4 is 14.9 Å². The van der Waals surface area contributed by atoms with Gasteiger partial charge >= 0.3 is 0 Å². The summed E-state index contributed by atoms with van der Waals surface area (Å²) in [6, 6.07) is 9.33. The molecule has 130 valence electrons. The van der Waals surface area contributed by atoms with Gasteiger partial charge in [0.1, 0.15) is 18.1 Å². The van der Waals surface area contributed by atoms with Gasteiger partial charge in [0, 0.05) is 11.8 Å². The highest BCUT2D eigenvalue weighted by Crippen LogP contribution is 2.29. The molecule has 0 aliphatic carbocycles. The first-order chi connectivity index (χ1) is 12.2. The molecule has 0 fully saturated rings. The zero-order valence-corrected chi connectivity index (χ0v) is 15.0. The quantitative estimate of drug-likeness (QED) is 0.486. The molecule has 1 aromatic carbocycles. The fourth-order valence-corrected chi connectivity index (χ4v) is 2.41. The molecular weight excluding hydrogens is 362 g/mol. The van der Waals surface area contributed by atoms with Crippen molar-refractivity contribution in [1.29, 1.82) is 0 Å². The van der Waals surface area contributed by atoms with Gasteiger partial charge in [-0.2, -0.15) is 5.10 Å². The third-order valence-corrected chi connectivity index (χ3v) is 3.93. The van der Waals surface area contributed by atoms with E-state index in [1.807, 2.05) is 24.3 Å². The molecule has 0 atom stereocenters. The zero-order valence-electron chi connectivity index (χ0n) is 13.4. The molecule has 0 saturated carbocycles. The number of pyridine rings is 1. The summed E-state index contributed by atoms with van der Waals surface area (Å²) in [6.07, 6.45) is 3.26. The number of rotatable bonds is 7. The fourth-order valence-electron chi connectivity index (χ4n) is 2.13. The zero-order chi connectivity index (χ0) is 17.6. The molecule has 2 heterocycles. The lowest BCUT2D eigenvalue weighted by atomic mass is 10.2. The summed E-state index contributed by atoms with van der Waals surface area (Å²) in [4.78, 5) is 4.03. The minimum Gasteiger partial charge on any atom is -0.493 e. The van der Waals surface area contributed by atoms with Gasteiger partial charge in [-0.15, -0.1) is 0 Å². The number of aromatic amines is 1. The van der Waals surface area contributed by atoms with Gasteiger partial charge in [0.05, 0.1) is 13.7 Å². The first-order valence-corrected chi connectivity index (χ1v) is 8.20. The van der Waals surface area contributed by atoms with Crippen molar-refractivity contribution in [2.24, 2.45) is 0 Å². The Labute approximate surface area is 154 Å². The van der Waals surface area contributed by atoms with Crippen LogP contribution in [0.3, 0.4) is 0 Å². The van der Waals surface area contributed by atoms with Crippen molar-refractivity contribution in [2.75, 3.05) is 12.5 Å². The molecule has 0 aliphatic rings. The summed E-state index contributed by atoms with van der Waals surface area (Å²) in [5.74, 6) is 1.30. The monoisotopic (exact) mass is 377 g/mol. The van der Waals surface area contributed by atoms with Crippen LogP contribution in [-0.2, 0) is 13.2 Å². The molecule has 0 spiro atoms. The van der Waals surface area contributed by atoms with Crippen LogP contribution in [0.2, 0.25) is 5.15 Å². The second-order valence-electron chi connectivity index (χ2n) is 5.13. The Bertz CT molecular complexity index is 894. The van der Waals surface area contributed by atoms with Crippen molar-refractivity contribution in [1.82, 2.24) is 19.9 Å². The number of aromatic nitrogens is 4. The Morgan fingerprint density at radius 2 is 2.08 bits per heavy atom. The molecule has 3 rings (SSSR count). The van der Waals surface area contributed by atoms with Crippen molar-refractivity contribution in [3.63, 3.8) is 0 Å². The number of hydrogen-bond donors (Lipinski definition) is 2. The topological polar surface area (TPSA) is 77.0 Å². The molecule has 0 saturated heterocycles. The number of hydrogen-bond acceptors (Lipinski definition) is 6. The van der Waals surface area contributed by atoms with Crippen LogP contribution in [0, 0.1) is 4.77 Å². The summed E-state index contributed by atoms with van der Waals surface area (Å²) >= 11 is 10.9. The van der Waals surface area contributed by atoms with Gasteiger partial charge < -0.3 is 14.9 Å². The van der Waals surface area contributed by atoms with E-state index in [9.17, 15) is 0 Å². The molecular formula is C16H16ClN5O2S. The van der Waals surface area contributed by atoms with Crippen LogP contribution in [-0.4, -0.2) is 27.0 Å². The molecule has 25 heavy (non-hydrogen) atoms. The van der Waals surface area contributed by atoms with E-state index >= 15 is 0 Å². The molecule has 2 aromatic heterocycles. The lowest BCUT2D eigenvalue weighted by Gasteiger charge is -2.13. The molecule has 7 nitrogen and oxygen atoms in total. The number of halogens is 1. The van der Waals surface area contributed by atoms with Crippen LogP contribution in [0.1, 0.15) is 11.1 Å². The summed E-state index contributed by atoms with van der Waals surface area (Å²) in [5.41, 5.74) is 5.08. The number of ether oxygens (including phenoxy) is 2. The highest BCUT2D eigenvalue weighted by molar-refractivity contribution is 7.71. The van der Waals surface area contributed by atoms with Gasteiger partial charge in [-0.25, -0.2) is 9.66 Å². The average molecular weight is 378 g/mol. The molecule has 0 unspecified atom stereocenters. The Hall–Kier alpha value is -2.58. The van der Waals surface area contributed by atoms with Crippen LogP contribution in [0.25, 0.3) is 0 Å². The molecule has 0 aliphatic heterocycles. The van der Waals surface area contributed by atoms with Crippen LogP contribution >= 0.6 is 23.8 Å². The first-order valence-electron chi connectivity index (χ1n) is 7.42. The molecule has 0 amide bonds. The number of H-pyrrole nitrogens is 1. The van der Waals surface area contributed by atoms with Gasteiger partial charge in [0.25, 0.3) is 0 Å². The summed E-state index contributed by atoms with van der Waals surface area (Å²) in [6.45, 7) is 0.938. The minimum atomic E-state index is 0.377. The second-order valence-corrected chi connectivity index (χ2v) is 5.90. The highest BCUT2D eigenvalue weighted by atomic mass is 35.5. The van der Waals surface area contributed by atoms with E-state index in [1.54, 1.807) is 30.4 Å². The van der Waals surface area contributed by atoms with E-state index in [4.69, 9.17) is 33.3 Å². The summed E-state index contributed by atoms with van der Waals surface area (Å²) in [5, 5.41) is 6.99. The smallest absolute Gasteiger partial charge is 0.214 e. The number of benzene rings is 1. The van der Waals surface area contributed by atoms with E-state index in [0.717, 1.165) is 11.1 Å². The standard InChI is InChI=1S/C16H16ClN5O2S/c1-23-14-6-11(8-20-22-10-19-21-16(22)25)2-4-13(14)24-9-12-3-5-15(17)18-7-12/h2-7,10,20H,8-9H2,1H3,(H,21,25). The predicted octanol–water partition coefficient (Wildman–Crippen LogP) is 3.32. The minimum absolute atomic E-state index is 0.377. The molecule has 0 radical (unpaired) electrons. The molecule has 0 bridgehead atoms. The van der Waals surface area contributed by atoms with Crippen molar-refractivity contribution >= 4 is 23.8 Å². The highest BCUT2D eigenvalue weighted by Gasteiger charge is 2.07. The van der Waals surface area contributed by atoms with Gasteiger partial charge in [-0.3, -0.25) is 5.10 Å². The van der Waals surface area contributed by atoms with E-state index < -0.39 is 0 Å². The molecule has 2 N–H and O–H groups in total. The third-order valence-electron chi connectivity index (χ3n) is 3.42. The largest absolute Gasteiger partial charge is 0.493 e. The first kappa shape index (κ1) is 17.2. The molecule has 9 heteroatoms. The summed E-state index contributed by atoms with van der Waals surface area (Å²) < 4.78 is 13.4. The Morgan fingerprint density at radius 1 is 1.24 bits per heavy atom. The average Bonchev–Trinajstić information content (AvgIpc) is 3.04. The van der Waals surface area contributed by atoms with Gasteiger partial charge in [0.15, 0.2) is 11.5 Å². The van der Waals surface area contributed by atoms with Gasteiger partial charge in [0.2, 0.25) is 4.77 Å². The predicted molar refractivity (Wildman–Crippen MR) is 97.0 cm³/mol.